The monoisotopic (exact) mass is 766 g/mol. The molecule has 2 fully saturated rings. The molecule has 3 aliphatic heterocycles. The van der Waals surface area contributed by atoms with E-state index in [1.54, 1.807) is 46.0 Å². The Morgan fingerprint density at radius 2 is 1.80 bits per heavy atom. The van der Waals surface area contributed by atoms with Crippen molar-refractivity contribution in [3.8, 4) is 11.5 Å². The van der Waals surface area contributed by atoms with E-state index in [-0.39, 0.29) is 24.0 Å². The fraction of sp³-hybridized carbons (Fsp3) is 0.564. The third kappa shape index (κ3) is 11.2. The quantitative estimate of drug-likeness (QED) is 0.121. The molecule has 14 nitrogen and oxygen atoms in total. The number of ether oxygens (including phenoxy) is 3. The number of likely N-dealkylation sites (N-methyl/N-ethyl adjacent to an activating group) is 1. The fourth-order valence-corrected chi connectivity index (χ4v) is 8.21. The summed E-state index contributed by atoms with van der Waals surface area (Å²) >= 11 is 1.89. The summed E-state index contributed by atoms with van der Waals surface area (Å²) in [7, 11) is 1.62. The summed E-state index contributed by atoms with van der Waals surface area (Å²) in [5, 5.41) is 14.7. The third-order valence-electron chi connectivity index (χ3n) is 9.49. The Kier molecular flexibility index (Phi) is 13.9. The molecule has 3 heterocycles. The highest BCUT2D eigenvalue weighted by molar-refractivity contribution is 8.00. The number of rotatable bonds is 16. The second-order valence-corrected chi connectivity index (χ2v) is 16.2. The van der Waals surface area contributed by atoms with Gasteiger partial charge in [0, 0.05) is 37.1 Å². The normalized spacial score (nSPS) is 22.4. The first-order valence-corrected chi connectivity index (χ1v) is 19.8. The molecule has 5 rings (SSSR count). The van der Waals surface area contributed by atoms with E-state index >= 15 is 0 Å². The van der Waals surface area contributed by atoms with Gasteiger partial charge in [-0.25, -0.2) is 9.59 Å². The van der Waals surface area contributed by atoms with Crippen LogP contribution in [0.2, 0.25) is 0 Å². The maximum Gasteiger partial charge on any atom is 0.408 e. The highest BCUT2D eigenvalue weighted by atomic mass is 32.2. The molecule has 0 spiro atoms. The first-order valence-electron chi connectivity index (χ1n) is 18.8. The van der Waals surface area contributed by atoms with E-state index in [0.717, 1.165) is 44.3 Å². The van der Waals surface area contributed by atoms with E-state index in [9.17, 15) is 24.0 Å². The first-order chi connectivity index (χ1) is 25.8. The number of alkyl carbamates (subject to hydrolysis) is 1. The number of nitrogens with zero attached hydrogens (tertiary/aromatic N) is 1. The number of thioether (sulfide) groups is 1. The number of carbonyl (C=O) groups excluding carboxylic acids is 5. The predicted octanol–water partition coefficient (Wildman–Crippen LogP) is 4.57. The van der Waals surface area contributed by atoms with Gasteiger partial charge in [-0.15, -0.1) is 0 Å². The summed E-state index contributed by atoms with van der Waals surface area (Å²) in [5.74, 6) is 1.05. The van der Waals surface area contributed by atoms with Crippen LogP contribution >= 0.6 is 11.8 Å². The van der Waals surface area contributed by atoms with Gasteiger partial charge < -0.3 is 45.7 Å². The second kappa shape index (κ2) is 18.6. The summed E-state index contributed by atoms with van der Waals surface area (Å²) in [6.45, 7) is 7.76. The average molecular weight is 767 g/mol. The largest absolute Gasteiger partial charge is 0.494 e. The van der Waals surface area contributed by atoms with Crippen molar-refractivity contribution in [2.75, 3.05) is 30.9 Å². The maximum absolute atomic E-state index is 14.0. The van der Waals surface area contributed by atoms with Gasteiger partial charge in [0.25, 0.3) is 5.91 Å². The van der Waals surface area contributed by atoms with Crippen LogP contribution in [0, 0.1) is 0 Å². The Morgan fingerprint density at radius 1 is 1.02 bits per heavy atom. The number of hydrogen-bond acceptors (Lipinski definition) is 9. The summed E-state index contributed by atoms with van der Waals surface area (Å²) in [6.07, 6.45) is 4.17. The van der Waals surface area contributed by atoms with Gasteiger partial charge in [-0.05, 0) is 77.5 Å². The summed E-state index contributed by atoms with van der Waals surface area (Å²) < 4.78 is 17.8. The van der Waals surface area contributed by atoms with Crippen LogP contribution in [0.25, 0.3) is 0 Å². The number of benzene rings is 2. The number of fused-ring (bicyclic) bond motifs is 2. The Bertz CT molecular complexity index is 1640. The molecule has 2 aromatic carbocycles. The Morgan fingerprint density at radius 3 is 2.56 bits per heavy atom. The van der Waals surface area contributed by atoms with Crippen LogP contribution in [-0.4, -0.2) is 90.8 Å². The molecule has 0 aromatic heterocycles. The SMILES string of the molecule is C[C@H](NC(=O)OC(C)(C)C)C(=O)N[C@@H]1C(=O)N(C)c2cc(OCCCCCNC(=O)CCCC[C@@H]3SC[C@@H]4NC(=O)N[C@@H]43)ccc2O[C@@H]1c1ccccc1. The number of carbonyl (C=O) groups is 5. The van der Waals surface area contributed by atoms with Crippen molar-refractivity contribution in [1.29, 1.82) is 0 Å². The Labute approximate surface area is 321 Å². The molecule has 6 amide bonds. The number of amides is 6. The predicted molar refractivity (Wildman–Crippen MR) is 207 cm³/mol. The zero-order chi connectivity index (χ0) is 38.8. The lowest BCUT2D eigenvalue weighted by Gasteiger charge is -2.28. The van der Waals surface area contributed by atoms with Crippen LogP contribution in [0.15, 0.2) is 48.5 Å². The van der Waals surface area contributed by atoms with Gasteiger partial charge >= 0.3 is 12.1 Å². The minimum absolute atomic E-state index is 0.0631. The third-order valence-corrected chi connectivity index (χ3v) is 11.0. The van der Waals surface area contributed by atoms with Crippen molar-refractivity contribution in [2.24, 2.45) is 0 Å². The average Bonchev–Trinajstić information content (AvgIpc) is 3.66. The molecule has 0 unspecified atom stereocenters. The minimum atomic E-state index is -1.11. The van der Waals surface area contributed by atoms with Crippen molar-refractivity contribution >= 4 is 47.3 Å². The zero-order valence-corrected chi connectivity index (χ0v) is 32.6. The van der Waals surface area contributed by atoms with Crippen LogP contribution in [0.3, 0.4) is 0 Å². The van der Waals surface area contributed by atoms with E-state index in [1.165, 1.54) is 11.8 Å². The van der Waals surface area contributed by atoms with E-state index in [1.807, 2.05) is 42.1 Å². The van der Waals surface area contributed by atoms with E-state index in [0.29, 0.717) is 47.6 Å². The molecule has 6 atom stereocenters. The van der Waals surface area contributed by atoms with Crippen LogP contribution in [0.1, 0.15) is 84.3 Å². The molecule has 0 saturated carbocycles. The van der Waals surface area contributed by atoms with Crippen molar-refractivity contribution in [3.05, 3.63) is 54.1 Å². The number of urea groups is 1. The van der Waals surface area contributed by atoms with Crippen molar-refractivity contribution < 1.29 is 38.2 Å². The van der Waals surface area contributed by atoms with Gasteiger partial charge in [0.05, 0.1) is 24.4 Å². The van der Waals surface area contributed by atoms with Gasteiger partial charge in [0.2, 0.25) is 11.8 Å². The van der Waals surface area contributed by atoms with E-state index in [2.05, 4.69) is 26.6 Å². The molecule has 0 bridgehead atoms. The second-order valence-electron chi connectivity index (χ2n) is 15.0. The lowest BCUT2D eigenvalue weighted by atomic mass is 10.0. The van der Waals surface area contributed by atoms with Gasteiger partial charge in [-0.2, -0.15) is 11.8 Å². The van der Waals surface area contributed by atoms with Crippen LogP contribution < -0.4 is 41.0 Å². The number of unbranched alkanes of at least 4 members (excludes halogenated alkanes) is 3. The molecule has 0 aliphatic carbocycles. The lowest BCUT2D eigenvalue weighted by molar-refractivity contribution is -0.130. The molecule has 15 heteroatoms. The molecule has 0 radical (unpaired) electrons. The number of anilines is 1. The van der Waals surface area contributed by atoms with E-state index in [4.69, 9.17) is 14.2 Å². The number of hydrogen-bond donors (Lipinski definition) is 5. The van der Waals surface area contributed by atoms with Crippen molar-refractivity contribution in [3.63, 3.8) is 0 Å². The molecular formula is C39H54N6O8S. The first kappa shape index (κ1) is 40.5. The maximum atomic E-state index is 14.0. The van der Waals surface area contributed by atoms with Crippen LogP contribution in [0.4, 0.5) is 15.3 Å². The highest BCUT2D eigenvalue weighted by Gasteiger charge is 2.43. The molecule has 294 valence electrons. The van der Waals surface area contributed by atoms with E-state index < -0.39 is 41.7 Å². The smallest absolute Gasteiger partial charge is 0.408 e. The van der Waals surface area contributed by atoms with Gasteiger partial charge in [-0.1, -0.05) is 36.8 Å². The molecule has 54 heavy (non-hydrogen) atoms. The highest BCUT2D eigenvalue weighted by Crippen LogP contribution is 2.39. The zero-order valence-electron chi connectivity index (χ0n) is 31.8. The van der Waals surface area contributed by atoms with Gasteiger partial charge in [0.15, 0.2) is 6.10 Å². The minimum Gasteiger partial charge on any atom is -0.494 e. The molecule has 2 saturated heterocycles. The Hall–Kier alpha value is -4.66. The van der Waals surface area contributed by atoms with Gasteiger partial charge in [0.1, 0.15) is 29.2 Å². The molecular weight excluding hydrogens is 713 g/mol. The van der Waals surface area contributed by atoms with Crippen molar-refractivity contribution in [1.82, 2.24) is 26.6 Å². The van der Waals surface area contributed by atoms with Crippen molar-refractivity contribution in [2.45, 2.75) is 114 Å². The van der Waals surface area contributed by atoms with Crippen LogP contribution in [0.5, 0.6) is 11.5 Å². The summed E-state index contributed by atoms with van der Waals surface area (Å²) in [6, 6.07) is 12.7. The fourth-order valence-electron chi connectivity index (χ4n) is 6.66. The summed E-state index contributed by atoms with van der Waals surface area (Å²) in [4.78, 5) is 64.9. The molecule has 3 aliphatic rings. The standard InChI is InChI=1S/C39H54N6O8S/c1-24(41-38(50)53-39(2,3)4)35(47)43-33-34(25-14-8-6-9-15-25)52-29-19-18-26(22-28(29)45(5)36(33)48)51-21-13-7-12-20-40-31(46)17-11-10-16-30-32-27(23-54-30)42-37(49)44-32/h6,8-9,14-15,18-19,22,24,27,30,32-34H,7,10-13,16-17,20-21,23H2,1-5H3,(H,40,46)(H,41,50)(H,43,47)(H2,42,44,49)/t24-,27-,30-,32-,33-,34+/m0/s1. The molecule has 2 aromatic rings. The summed E-state index contributed by atoms with van der Waals surface area (Å²) in [5.41, 5.74) is 0.445. The van der Waals surface area contributed by atoms with Gasteiger partial charge in [-0.3, -0.25) is 14.4 Å². The Balaban J connectivity index is 1.06. The topological polar surface area (TPSA) is 176 Å². The lowest BCUT2D eigenvalue weighted by Crippen LogP contribution is -2.55. The molecule has 5 N–H and O–H groups in total. The number of nitrogens with one attached hydrogen (secondary N) is 5. The van der Waals surface area contributed by atoms with Crippen LogP contribution in [-0.2, 0) is 19.1 Å².